The molecule has 0 amide bonds. The molecule has 96 valence electrons. The minimum atomic E-state index is -0.817. The van der Waals surface area contributed by atoms with Crippen LogP contribution >= 0.6 is 0 Å². The third-order valence-corrected chi connectivity index (χ3v) is 2.65. The van der Waals surface area contributed by atoms with Gasteiger partial charge in [-0.3, -0.25) is 4.79 Å². The van der Waals surface area contributed by atoms with Crippen LogP contribution in [0.25, 0.3) is 0 Å². The highest BCUT2D eigenvalue weighted by Crippen LogP contribution is 2.12. The van der Waals surface area contributed by atoms with Crippen LogP contribution in [0.3, 0.4) is 0 Å². The highest BCUT2D eigenvalue weighted by molar-refractivity contribution is 5.78. The summed E-state index contributed by atoms with van der Waals surface area (Å²) in [6.07, 6.45) is 3.58. The molecule has 1 atom stereocenters. The molecule has 0 spiro atoms. The minimum absolute atomic E-state index is 0.600. The number of aliphatic carboxylic acids is 1. The number of ether oxygens (including phenoxy) is 1. The van der Waals surface area contributed by atoms with Crippen LogP contribution in [0.4, 0.5) is 0 Å². The summed E-state index contributed by atoms with van der Waals surface area (Å²) in [7, 11) is 0. The zero-order valence-corrected chi connectivity index (χ0v) is 10.7. The number of rotatable bonds is 10. The smallest absolute Gasteiger partial charge is 0.323 e. The van der Waals surface area contributed by atoms with Gasteiger partial charge < -0.3 is 15.2 Å². The van der Waals surface area contributed by atoms with Crippen molar-refractivity contribution in [3.05, 3.63) is 0 Å². The predicted molar refractivity (Wildman–Crippen MR) is 64.7 cm³/mol. The topological polar surface area (TPSA) is 58.6 Å². The van der Waals surface area contributed by atoms with Crippen LogP contribution in [0, 0.1) is 0 Å². The second kappa shape index (κ2) is 8.53. The number of carbonyl (C=O) groups is 1. The molecular weight excluding hydrogens is 206 g/mol. The number of carboxylic acids is 1. The Labute approximate surface area is 98.4 Å². The molecule has 0 heterocycles. The summed E-state index contributed by atoms with van der Waals surface area (Å²) < 4.78 is 5.41. The number of likely N-dealkylation sites (N-methyl/N-ethyl adjacent to an activating group) is 1. The van der Waals surface area contributed by atoms with E-state index in [0.717, 1.165) is 25.9 Å². The van der Waals surface area contributed by atoms with E-state index in [1.165, 1.54) is 0 Å². The Bertz CT molecular complexity index is 197. The average Bonchev–Trinajstić information content (AvgIpc) is 2.23. The van der Waals surface area contributed by atoms with Gasteiger partial charge in [0.1, 0.15) is 5.54 Å². The molecule has 0 aliphatic rings. The molecule has 4 heteroatoms. The van der Waals surface area contributed by atoms with Crippen LogP contribution in [0.2, 0.25) is 0 Å². The Morgan fingerprint density at radius 3 is 2.44 bits per heavy atom. The first kappa shape index (κ1) is 15.4. The maximum atomic E-state index is 11.1. The lowest BCUT2D eigenvalue weighted by atomic mass is 9.96. The molecule has 0 aromatic heterocycles. The van der Waals surface area contributed by atoms with Crippen molar-refractivity contribution in [3.63, 3.8) is 0 Å². The van der Waals surface area contributed by atoms with Crippen molar-refractivity contribution in [2.75, 3.05) is 19.8 Å². The van der Waals surface area contributed by atoms with E-state index in [2.05, 4.69) is 12.2 Å². The van der Waals surface area contributed by atoms with Gasteiger partial charge in [0.25, 0.3) is 0 Å². The quantitative estimate of drug-likeness (QED) is 0.565. The van der Waals surface area contributed by atoms with E-state index in [1.54, 1.807) is 6.92 Å². The fourth-order valence-electron chi connectivity index (χ4n) is 1.54. The predicted octanol–water partition coefficient (Wildman–Crippen LogP) is 2.04. The summed E-state index contributed by atoms with van der Waals surface area (Å²) >= 11 is 0. The SMILES string of the molecule is CCCCOCCCC(C)(NCC)C(=O)O. The molecule has 0 aromatic carbocycles. The van der Waals surface area contributed by atoms with E-state index < -0.39 is 11.5 Å². The zero-order valence-electron chi connectivity index (χ0n) is 10.7. The molecule has 16 heavy (non-hydrogen) atoms. The summed E-state index contributed by atoms with van der Waals surface area (Å²) in [5, 5.41) is 12.1. The molecule has 0 saturated carbocycles. The second-order valence-electron chi connectivity index (χ2n) is 4.24. The Balaban J connectivity index is 3.73. The van der Waals surface area contributed by atoms with E-state index in [4.69, 9.17) is 9.84 Å². The van der Waals surface area contributed by atoms with Crippen molar-refractivity contribution in [2.45, 2.75) is 52.0 Å². The number of hydrogen-bond donors (Lipinski definition) is 2. The van der Waals surface area contributed by atoms with Gasteiger partial charge in [-0.15, -0.1) is 0 Å². The van der Waals surface area contributed by atoms with Crippen molar-refractivity contribution in [1.29, 1.82) is 0 Å². The van der Waals surface area contributed by atoms with Crippen molar-refractivity contribution in [1.82, 2.24) is 5.32 Å². The second-order valence-corrected chi connectivity index (χ2v) is 4.24. The minimum Gasteiger partial charge on any atom is -0.480 e. The van der Waals surface area contributed by atoms with Crippen molar-refractivity contribution >= 4 is 5.97 Å². The molecule has 2 N–H and O–H groups in total. The highest BCUT2D eigenvalue weighted by atomic mass is 16.5. The van der Waals surface area contributed by atoms with Gasteiger partial charge in [-0.1, -0.05) is 20.3 Å². The van der Waals surface area contributed by atoms with E-state index in [1.807, 2.05) is 6.92 Å². The number of unbranched alkanes of at least 4 members (excludes halogenated alkanes) is 1. The molecule has 1 unspecified atom stereocenters. The molecule has 0 aliphatic carbocycles. The average molecular weight is 231 g/mol. The zero-order chi connectivity index (χ0) is 12.4. The van der Waals surface area contributed by atoms with E-state index in [-0.39, 0.29) is 0 Å². The highest BCUT2D eigenvalue weighted by Gasteiger charge is 2.30. The van der Waals surface area contributed by atoms with Crippen LogP contribution in [0.5, 0.6) is 0 Å². The molecule has 0 fully saturated rings. The van der Waals surface area contributed by atoms with Crippen LogP contribution in [-0.2, 0) is 9.53 Å². The lowest BCUT2D eigenvalue weighted by molar-refractivity contribution is -0.144. The van der Waals surface area contributed by atoms with Gasteiger partial charge in [-0.05, 0) is 32.7 Å². The van der Waals surface area contributed by atoms with Crippen molar-refractivity contribution in [2.24, 2.45) is 0 Å². The third kappa shape index (κ3) is 6.08. The molecule has 0 aromatic rings. The third-order valence-electron chi connectivity index (χ3n) is 2.65. The van der Waals surface area contributed by atoms with Crippen LogP contribution in [-0.4, -0.2) is 36.4 Å². The first-order valence-corrected chi connectivity index (χ1v) is 6.13. The lowest BCUT2D eigenvalue weighted by Gasteiger charge is -2.25. The molecule has 0 bridgehead atoms. The fraction of sp³-hybridized carbons (Fsp3) is 0.917. The Morgan fingerprint density at radius 2 is 1.94 bits per heavy atom. The fourth-order valence-corrected chi connectivity index (χ4v) is 1.54. The van der Waals surface area contributed by atoms with Gasteiger partial charge in [0, 0.05) is 13.2 Å². The maximum absolute atomic E-state index is 11.1. The van der Waals surface area contributed by atoms with Gasteiger partial charge in [0.15, 0.2) is 0 Å². The van der Waals surface area contributed by atoms with Crippen LogP contribution in [0.15, 0.2) is 0 Å². The molecule has 0 aliphatic heterocycles. The first-order chi connectivity index (χ1) is 7.56. The number of nitrogens with one attached hydrogen (secondary N) is 1. The lowest BCUT2D eigenvalue weighted by Crippen LogP contribution is -2.49. The molecule has 4 nitrogen and oxygen atoms in total. The van der Waals surface area contributed by atoms with Gasteiger partial charge in [0.05, 0.1) is 0 Å². The summed E-state index contributed by atoms with van der Waals surface area (Å²) in [5.41, 5.74) is -0.817. The summed E-state index contributed by atoms with van der Waals surface area (Å²) in [4.78, 5) is 11.1. The van der Waals surface area contributed by atoms with Crippen LogP contribution in [0.1, 0.15) is 46.5 Å². The molecular formula is C12H25NO3. The largest absolute Gasteiger partial charge is 0.480 e. The Morgan fingerprint density at radius 1 is 1.31 bits per heavy atom. The van der Waals surface area contributed by atoms with Crippen LogP contribution < -0.4 is 5.32 Å². The van der Waals surface area contributed by atoms with E-state index in [0.29, 0.717) is 19.6 Å². The van der Waals surface area contributed by atoms with Gasteiger partial charge in [-0.25, -0.2) is 0 Å². The van der Waals surface area contributed by atoms with Gasteiger partial charge in [-0.2, -0.15) is 0 Å². The number of carboxylic acid groups (broad SMARTS) is 1. The maximum Gasteiger partial charge on any atom is 0.323 e. The first-order valence-electron chi connectivity index (χ1n) is 6.13. The van der Waals surface area contributed by atoms with Crippen molar-refractivity contribution < 1.29 is 14.6 Å². The van der Waals surface area contributed by atoms with Gasteiger partial charge >= 0.3 is 5.97 Å². The summed E-state index contributed by atoms with van der Waals surface area (Å²) in [6, 6.07) is 0. The molecule has 0 rings (SSSR count). The van der Waals surface area contributed by atoms with Gasteiger partial charge in [0.2, 0.25) is 0 Å². The van der Waals surface area contributed by atoms with E-state index >= 15 is 0 Å². The summed E-state index contributed by atoms with van der Waals surface area (Å²) in [5.74, 6) is -0.789. The standard InChI is InChI=1S/C12H25NO3/c1-4-6-9-16-10-7-8-12(3,11(14)15)13-5-2/h13H,4-10H2,1-3H3,(H,14,15). The van der Waals surface area contributed by atoms with E-state index in [9.17, 15) is 4.79 Å². The normalized spacial score (nSPS) is 14.7. The Kier molecular flexibility index (Phi) is 8.21. The number of hydrogen-bond acceptors (Lipinski definition) is 3. The Hall–Kier alpha value is -0.610. The summed E-state index contributed by atoms with van der Waals surface area (Å²) in [6.45, 7) is 7.86. The molecule has 0 saturated heterocycles. The van der Waals surface area contributed by atoms with Crippen molar-refractivity contribution in [3.8, 4) is 0 Å². The molecule has 0 radical (unpaired) electrons. The monoisotopic (exact) mass is 231 g/mol.